The van der Waals surface area contributed by atoms with Crippen LogP contribution in [-0.4, -0.2) is 11.9 Å². The van der Waals surface area contributed by atoms with E-state index in [0.717, 1.165) is 13.1 Å². The summed E-state index contributed by atoms with van der Waals surface area (Å²) in [6.45, 7) is 4.12. The third-order valence-electron chi connectivity index (χ3n) is 2.64. The SMILES string of the molecule is Cc1cccc(CN(C)Cc2sccc2Br)c1. The molecule has 0 aliphatic carbocycles. The molecule has 0 atom stereocenters. The van der Waals surface area contributed by atoms with E-state index in [0.29, 0.717) is 0 Å². The number of nitrogens with zero attached hydrogens (tertiary/aromatic N) is 1. The third-order valence-corrected chi connectivity index (χ3v) is 4.55. The predicted molar refractivity (Wildman–Crippen MR) is 78.4 cm³/mol. The quantitative estimate of drug-likeness (QED) is 0.806. The lowest BCUT2D eigenvalue weighted by Crippen LogP contribution is -2.16. The molecule has 2 rings (SSSR count). The normalized spacial score (nSPS) is 11.1. The van der Waals surface area contributed by atoms with Gasteiger partial charge >= 0.3 is 0 Å². The Morgan fingerprint density at radius 2 is 2.06 bits per heavy atom. The largest absolute Gasteiger partial charge is 0.297 e. The van der Waals surface area contributed by atoms with Crippen molar-refractivity contribution in [2.45, 2.75) is 20.0 Å². The molecule has 0 aliphatic rings. The van der Waals surface area contributed by atoms with Crippen LogP contribution in [0.3, 0.4) is 0 Å². The summed E-state index contributed by atoms with van der Waals surface area (Å²) in [6, 6.07) is 10.8. The molecule has 1 aromatic heterocycles. The van der Waals surface area contributed by atoms with Gasteiger partial charge in [-0.3, -0.25) is 4.90 Å². The highest BCUT2D eigenvalue weighted by Crippen LogP contribution is 2.24. The van der Waals surface area contributed by atoms with Crippen LogP contribution in [0.5, 0.6) is 0 Å². The molecule has 0 spiro atoms. The number of aryl methyl sites for hydroxylation is 1. The lowest BCUT2D eigenvalue weighted by atomic mass is 10.1. The number of rotatable bonds is 4. The summed E-state index contributed by atoms with van der Waals surface area (Å²) in [5, 5.41) is 2.12. The number of hydrogen-bond acceptors (Lipinski definition) is 2. The van der Waals surface area contributed by atoms with Crippen LogP contribution in [0.25, 0.3) is 0 Å². The molecule has 3 heteroatoms. The van der Waals surface area contributed by atoms with Crippen molar-refractivity contribution in [2.75, 3.05) is 7.05 Å². The van der Waals surface area contributed by atoms with Gasteiger partial charge in [-0.05, 0) is 46.9 Å². The highest BCUT2D eigenvalue weighted by Gasteiger charge is 2.06. The van der Waals surface area contributed by atoms with Gasteiger partial charge in [-0.2, -0.15) is 0 Å². The zero-order valence-corrected chi connectivity index (χ0v) is 12.5. The van der Waals surface area contributed by atoms with Gasteiger partial charge in [0.05, 0.1) is 0 Å². The van der Waals surface area contributed by atoms with Crippen molar-refractivity contribution in [3.05, 3.63) is 56.2 Å². The van der Waals surface area contributed by atoms with Gasteiger partial charge in [0.25, 0.3) is 0 Å². The molecule has 0 saturated carbocycles. The summed E-state index contributed by atoms with van der Waals surface area (Å²) < 4.78 is 1.22. The number of halogens is 1. The standard InChI is InChI=1S/C14H16BrNS/c1-11-4-3-5-12(8-11)9-16(2)10-14-13(15)6-7-17-14/h3-8H,9-10H2,1-2H3. The Balaban J connectivity index is 1.98. The maximum absolute atomic E-state index is 3.58. The molecule has 1 aromatic carbocycles. The van der Waals surface area contributed by atoms with E-state index < -0.39 is 0 Å². The number of thiophene rings is 1. The van der Waals surface area contributed by atoms with E-state index >= 15 is 0 Å². The molecule has 0 amide bonds. The monoisotopic (exact) mass is 309 g/mol. The van der Waals surface area contributed by atoms with Gasteiger partial charge in [-0.1, -0.05) is 29.8 Å². The molecular weight excluding hydrogens is 294 g/mol. The molecule has 90 valence electrons. The highest BCUT2D eigenvalue weighted by atomic mass is 79.9. The van der Waals surface area contributed by atoms with Crippen LogP contribution in [0.4, 0.5) is 0 Å². The molecule has 0 radical (unpaired) electrons. The van der Waals surface area contributed by atoms with Crippen molar-refractivity contribution < 1.29 is 0 Å². The van der Waals surface area contributed by atoms with Crippen LogP contribution in [0.15, 0.2) is 40.2 Å². The first kappa shape index (κ1) is 12.8. The van der Waals surface area contributed by atoms with Gasteiger partial charge < -0.3 is 0 Å². The van der Waals surface area contributed by atoms with Crippen molar-refractivity contribution in [3.63, 3.8) is 0 Å². The zero-order chi connectivity index (χ0) is 12.3. The maximum atomic E-state index is 3.58. The topological polar surface area (TPSA) is 3.24 Å². The van der Waals surface area contributed by atoms with E-state index in [1.165, 1.54) is 20.5 Å². The average Bonchev–Trinajstić information content (AvgIpc) is 2.64. The maximum Gasteiger partial charge on any atom is 0.0339 e. The third kappa shape index (κ3) is 3.66. The van der Waals surface area contributed by atoms with Gasteiger partial charge in [-0.25, -0.2) is 0 Å². The summed E-state index contributed by atoms with van der Waals surface area (Å²) in [5.41, 5.74) is 2.70. The van der Waals surface area contributed by atoms with Gasteiger partial charge in [0.1, 0.15) is 0 Å². The van der Waals surface area contributed by atoms with Gasteiger partial charge in [-0.15, -0.1) is 11.3 Å². The smallest absolute Gasteiger partial charge is 0.0339 e. The van der Waals surface area contributed by atoms with Gasteiger partial charge in [0, 0.05) is 22.4 Å². The first-order chi connectivity index (χ1) is 8.15. The fourth-order valence-corrected chi connectivity index (χ4v) is 3.42. The summed E-state index contributed by atoms with van der Waals surface area (Å²) >= 11 is 5.38. The van der Waals surface area contributed by atoms with Crippen molar-refractivity contribution in [1.29, 1.82) is 0 Å². The van der Waals surface area contributed by atoms with Crippen molar-refractivity contribution in [1.82, 2.24) is 4.90 Å². The second-order valence-electron chi connectivity index (χ2n) is 4.35. The fourth-order valence-electron chi connectivity index (χ4n) is 1.86. The Hall–Kier alpha value is -0.640. The van der Waals surface area contributed by atoms with Crippen molar-refractivity contribution in [3.8, 4) is 0 Å². The van der Waals surface area contributed by atoms with Crippen molar-refractivity contribution in [2.24, 2.45) is 0 Å². The van der Waals surface area contributed by atoms with Gasteiger partial charge in [0.15, 0.2) is 0 Å². The van der Waals surface area contributed by atoms with Crippen molar-refractivity contribution >= 4 is 27.3 Å². The lowest BCUT2D eigenvalue weighted by molar-refractivity contribution is 0.321. The van der Waals surface area contributed by atoms with E-state index in [1.807, 2.05) is 0 Å². The number of benzene rings is 1. The Labute approximate surface area is 115 Å². The van der Waals surface area contributed by atoms with Crippen LogP contribution in [0, 0.1) is 6.92 Å². The predicted octanol–water partition coefficient (Wildman–Crippen LogP) is 4.45. The summed E-state index contributed by atoms with van der Waals surface area (Å²) in [4.78, 5) is 3.73. The fraction of sp³-hybridized carbons (Fsp3) is 0.286. The van der Waals surface area contributed by atoms with Crippen LogP contribution < -0.4 is 0 Å². The molecule has 17 heavy (non-hydrogen) atoms. The Morgan fingerprint density at radius 1 is 1.24 bits per heavy atom. The minimum atomic E-state index is 0.992. The molecule has 0 saturated heterocycles. The minimum absolute atomic E-state index is 0.992. The van der Waals surface area contributed by atoms with E-state index in [-0.39, 0.29) is 0 Å². The zero-order valence-electron chi connectivity index (χ0n) is 10.1. The second kappa shape index (κ2) is 5.80. The van der Waals surface area contributed by atoms with Crippen LogP contribution in [0.1, 0.15) is 16.0 Å². The number of hydrogen-bond donors (Lipinski definition) is 0. The molecule has 0 unspecified atom stereocenters. The minimum Gasteiger partial charge on any atom is -0.297 e. The second-order valence-corrected chi connectivity index (χ2v) is 6.21. The Kier molecular flexibility index (Phi) is 4.37. The van der Waals surface area contributed by atoms with Gasteiger partial charge in [0.2, 0.25) is 0 Å². The first-order valence-electron chi connectivity index (χ1n) is 5.61. The molecule has 0 aliphatic heterocycles. The summed E-state index contributed by atoms with van der Waals surface area (Å²) in [7, 11) is 2.16. The van der Waals surface area contributed by atoms with Crippen LogP contribution in [-0.2, 0) is 13.1 Å². The molecule has 0 N–H and O–H groups in total. The van der Waals surface area contributed by atoms with Crippen LogP contribution in [0.2, 0.25) is 0 Å². The lowest BCUT2D eigenvalue weighted by Gasteiger charge is -2.16. The molecule has 0 bridgehead atoms. The average molecular weight is 310 g/mol. The van der Waals surface area contributed by atoms with E-state index in [1.54, 1.807) is 11.3 Å². The molecular formula is C14H16BrNS. The first-order valence-corrected chi connectivity index (χ1v) is 7.28. The molecule has 1 heterocycles. The van der Waals surface area contributed by atoms with E-state index in [9.17, 15) is 0 Å². The van der Waals surface area contributed by atoms with Crippen LogP contribution >= 0.6 is 27.3 Å². The highest BCUT2D eigenvalue weighted by molar-refractivity contribution is 9.10. The molecule has 0 fully saturated rings. The Bertz CT molecular complexity index is 492. The Morgan fingerprint density at radius 3 is 2.71 bits per heavy atom. The molecule has 1 nitrogen and oxygen atoms in total. The van der Waals surface area contributed by atoms with E-state index in [4.69, 9.17) is 0 Å². The van der Waals surface area contributed by atoms with E-state index in [2.05, 4.69) is 70.5 Å². The summed E-state index contributed by atoms with van der Waals surface area (Å²) in [5.74, 6) is 0. The molecule has 2 aromatic rings. The summed E-state index contributed by atoms with van der Waals surface area (Å²) in [6.07, 6.45) is 0.